The first-order chi connectivity index (χ1) is 13.7. The van der Waals surface area contributed by atoms with Crippen LogP contribution < -0.4 is 14.2 Å². The highest BCUT2D eigenvalue weighted by Crippen LogP contribution is 2.32. The first-order valence-corrected chi connectivity index (χ1v) is 9.94. The van der Waals surface area contributed by atoms with Gasteiger partial charge in [-0.05, 0) is 29.8 Å². The maximum Gasteiger partial charge on any atom is 0.231 e. The number of ether oxygens (including phenoxy) is 3. The Morgan fingerprint density at radius 3 is 2.57 bits per heavy atom. The van der Waals surface area contributed by atoms with Gasteiger partial charge in [0.1, 0.15) is 18.5 Å². The Morgan fingerprint density at radius 1 is 1.00 bits per heavy atom. The van der Waals surface area contributed by atoms with Crippen molar-refractivity contribution in [1.29, 1.82) is 0 Å². The third-order valence-electron chi connectivity index (χ3n) is 5.04. The van der Waals surface area contributed by atoms with Crippen LogP contribution in [0.25, 0.3) is 0 Å². The van der Waals surface area contributed by atoms with Crippen LogP contribution in [-0.2, 0) is 6.54 Å². The lowest BCUT2D eigenvalue weighted by atomic mass is 10.1. The van der Waals surface area contributed by atoms with Crippen molar-refractivity contribution in [3.05, 3.63) is 53.1 Å². The van der Waals surface area contributed by atoms with Gasteiger partial charge in [-0.3, -0.25) is 9.80 Å². The van der Waals surface area contributed by atoms with Gasteiger partial charge in [-0.25, -0.2) is 0 Å². The molecule has 1 atom stereocenters. The fourth-order valence-electron chi connectivity index (χ4n) is 3.53. The Morgan fingerprint density at radius 2 is 1.75 bits per heavy atom. The molecule has 2 aromatic carbocycles. The lowest BCUT2D eigenvalue weighted by Gasteiger charge is -2.35. The fourth-order valence-corrected chi connectivity index (χ4v) is 3.72. The molecule has 150 valence electrons. The molecule has 1 N–H and O–H groups in total. The Kier molecular flexibility index (Phi) is 6.22. The van der Waals surface area contributed by atoms with Crippen molar-refractivity contribution in [2.75, 3.05) is 46.1 Å². The summed E-state index contributed by atoms with van der Waals surface area (Å²) >= 11 is 6.08. The Bertz CT molecular complexity index is 796. The molecule has 1 fully saturated rings. The fraction of sp³-hybridized carbons (Fsp3) is 0.429. The molecule has 2 aliphatic heterocycles. The summed E-state index contributed by atoms with van der Waals surface area (Å²) in [7, 11) is 0. The average Bonchev–Trinajstić information content (AvgIpc) is 3.17. The molecule has 2 aliphatic rings. The minimum absolute atomic E-state index is 0.237. The molecule has 7 heteroatoms. The van der Waals surface area contributed by atoms with Crippen molar-refractivity contribution >= 4 is 11.6 Å². The van der Waals surface area contributed by atoms with Gasteiger partial charge in [0, 0.05) is 39.3 Å². The molecule has 2 heterocycles. The summed E-state index contributed by atoms with van der Waals surface area (Å²) < 4.78 is 16.5. The third-order valence-corrected chi connectivity index (χ3v) is 5.36. The van der Waals surface area contributed by atoms with E-state index in [0.29, 0.717) is 24.1 Å². The van der Waals surface area contributed by atoms with Gasteiger partial charge in [-0.2, -0.15) is 0 Å². The van der Waals surface area contributed by atoms with Crippen LogP contribution in [0.4, 0.5) is 0 Å². The first kappa shape index (κ1) is 19.3. The van der Waals surface area contributed by atoms with Crippen molar-refractivity contribution < 1.29 is 19.3 Å². The second-order valence-corrected chi connectivity index (χ2v) is 7.57. The van der Waals surface area contributed by atoms with Crippen molar-refractivity contribution in [1.82, 2.24) is 9.80 Å². The lowest BCUT2D eigenvalue weighted by Crippen LogP contribution is -2.48. The SMILES string of the molecule is O[C@@H](COc1ccccc1Cl)CN1CCN(Cc2ccc3c(c2)OCO3)CC1. The molecule has 6 nitrogen and oxygen atoms in total. The van der Waals surface area contributed by atoms with E-state index in [1.165, 1.54) is 5.56 Å². The number of para-hydroxylation sites is 1. The van der Waals surface area contributed by atoms with Crippen LogP contribution in [0.5, 0.6) is 17.2 Å². The number of aliphatic hydroxyl groups is 1. The maximum absolute atomic E-state index is 10.3. The predicted molar refractivity (Wildman–Crippen MR) is 107 cm³/mol. The summed E-state index contributed by atoms with van der Waals surface area (Å²) in [5.41, 5.74) is 1.23. The summed E-state index contributed by atoms with van der Waals surface area (Å²) in [5, 5.41) is 10.9. The number of halogens is 1. The number of hydrogen-bond acceptors (Lipinski definition) is 6. The zero-order valence-corrected chi connectivity index (χ0v) is 16.5. The molecule has 2 aromatic rings. The molecular weight excluding hydrogens is 380 g/mol. The average molecular weight is 405 g/mol. The number of β-amino-alcohol motifs (C(OH)–C–C–N with tert-alkyl or cyclic N) is 1. The molecule has 0 unspecified atom stereocenters. The van der Waals surface area contributed by atoms with Gasteiger partial charge >= 0.3 is 0 Å². The summed E-state index contributed by atoms with van der Waals surface area (Å²) in [6.45, 7) is 5.81. The summed E-state index contributed by atoms with van der Waals surface area (Å²) in [6.07, 6.45) is -0.545. The van der Waals surface area contributed by atoms with Crippen LogP contribution in [0.3, 0.4) is 0 Å². The van der Waals surface area contributed by atoms with Crippen molar-refractivity contribution in [3.8, 4) is 17.2 Å². The highest BCUT2D eigenvalue weighted by atomic mass is 35.5. The second kappa shape index (κ2) is 9.01. The normalized spacial score (nSPS) is 18.2. The Hall–Kier alpha value is -1.99. The largest absolute Gasteiger partial charge is 0.489 e. The molecule has 28 heavy (non-hydrogen) atoms. The van der Waals surface area contributed by atoms with Gasteiger partial charge in [0.05, 0.1) is 5.02 Å². The van der Waals surface area contributed by atoms with E-state index in [1.807, 2.05) is 24.3 Å². The van der Waals surface area contributed by atoms with Gasteiger partial charge in [0.15, 0.2) is 11.5 Å². The zero-order chi connectivity index (χ0) is 19.3. The quantitative estimate of drug-likeness (QED) is 0.765. The molecule has 1 saturated heterocycles. The van der Waals surface area contributed by atoms with Crippen molar-refractivity contribution in [2.45, 2.75) is 12.6 Å². The smallest absolute Gasteiger partial charge is 0.231 e. The van der Waals surface area contributed by atoms with E-state index in [0.717, 1.165) is 44.2 Å². The van der Waals surface area contributed by atoms with Gasteiger partial charge in [-0.15, -0.1) is 0 Å². The number of nitrogens with zero attached hydrogens (tertiary/aromatic N) is 2. The van der Waals surface area contributed by atoms with Gasteiger partial charge in [0.25, 0.3) is 0 Å². The van der Waals surface area contributed by atoms with E-state index >= 15 is 0 Å². The van der Waals surface area contributed by atoms with Crippen LogP contribution in [0, 0.1) is 0 Å². The molecule has 0 aliphatic carbocycles. The van der Waals surface area contributed by atoms with Crippen LogP contribution in [0.15, 0.2) is 42.5 Å². The zero-order valence-electron chi connectivity index (χ0n) is 15.7. The topological polar surface area (TPSA) is 54.4 Å². The number of benzene rings is 2. The van der Waals surface area contributed by atoms with Crippen LogP contribution in [0.2, 0.25) is 5.02 Å². The van der Waals surface area contributed by atoms with Crippen molar-refractivity contribution in [2.24, 2.45) is 0 Å². The number of rotatable bonds is 7. The lowest BCUT2D eigenvalue weighted by molar-refractivity contribution is 0.0446. The van der Waals surface area contributed by atoms with Gasteiger partial charge in [0.2, 0.25) is 6.79 Å². The monoisotopic (exact) mass is 404 g/mol. The summed E-state index contributed by atoms with van der Waals surface area (Å²) in [6, 6.07) is 13.4. The van der Waals surface area contributed by atoms with E-state index in [4.69, 9.17) is 25.8 Å². The highest BCUT2D eigenvalue weighted by molar-refractivity contribution is 6.32. The Balaban J connectivity index is 1.19. The minimum atomic E-state index is -0.545. The molecule has 0 radical (unpaired) electrons. The first-order valence-electron chi connectivity index (χ1n) is 9.56. The van der Waals surface area contributed by atoms with E-state index in [2.05, 4.69) is 21.9 Å². The van der Waals surface area contributed by atoms with Crippen LogP contribution in [0.1, 0.15) is 5.56 Å². The third kappa shape index (κ3) is 4.89. The number of hydrogen-bond donors (Lipinski definition) is 1. The number of piperazine rings is 1. The molecule has 0 aromatic heterocycles. The molecule has 0 bridgehead atoms. The molecule has 0 amide bonds. The van der Waals surface area contributed by atoms with Crippen LogP contribution >= 0.6 is 11.6 Å². The van der Waals surface area contributed by atoms with E-state index < -0.39 is 6.10 Å². The molecule has 4 rings (SSSR count). The standard InChI is InChI=1S/C21H25ClN2O4/c22-18-3-1-2-4-19(18)26-14-17(25)13-24-9-7-23(8-10-24)12-16-5-6-20-21(11-16)28-15-27-20/h1-6,11,17,25H,7-10,12-15H2/t17-/m1/s1. The Labute approximate surface area is 170 Å². The minimum Gasteiger partial charge on any atom is -0.489 e. The maximum atomic E-state index is 10.3. The molecule has 0 saturated carbocycles. The van der Waals surface area contributed by atoms with E-state index in [1.54, 1.807) is 6.07 Å². The number of aliphatic hydroxyl groups excluding tert-OH is 1. The van der Waals surface area contributed by atoms with Crippen LogP contribution in [-0.4, -0.2) is 67.1 Å². The van der Waals surface area contributed by atoms with Crippen molar-refractivity contribution in [3.63, 3.8) is 0 Å². The van der Waals surface area contributed by atoms with E-state index in [-0.39, 0.29) is 6.61 Å². The van der Waals surface area contributed by atoms with E-state index in [9.17, 15) is 5.11 Å². The summed E-state index contributed by atoms with van der Waals surface area (Å²) in [5.74, 6) is 2.26. The highest BCUT2D eigenvalue weighted by Gasteiger charge is 2.21. The molecular formula is C21H25ClN2O4. The summed E-state index contributed by atoms with van der Waals surface area (Å²) in [4.78, 5) is 4.69. The second-order valence-electron chi connectivity index (χ2n) is 7.16. The van der Waals surface area contributed by atoms with Gasteiger partial charge in [-0.1, -0.05) is 29.8 Å². The number of fused-ring (bicyclic) bond motifs is 1. The molecule has 0 spiro atoms. The predicted octanol–water partition coefficient (Wildman–Crippen LogP) is 2.63. The van der Waals surface area contributed by atoms with Gasteiger partial charge < -0.3 is 19.3 Å².